The standard InChI is InChI=1S/C25H43N5O.HI/c1-2-26-25(27-13-7-3-8-14-29-15-9-4-10-16-29)28-21-23-11-5-6-12-24(23)22-30-17-19-31-20-18-30;/h5-6,11-12H,2-4,7-10,13-22H2,1H3,(H2,26,27,28);1H. The maximum Gasteiger partial charge on any atom is 0.191 e. The molecule has 0 radical (unpaired) electrons. The zero-order valence-electron chi connectivity index (χ0n) is 20.0. The predicted octanol–water partition coefficient (Wildman–Crippen LogP) is 3.85. The summed E-state index contributed by atoms with van der Waals surface area (Å²) in [5.41, 5.74) is 2.69. The van der Waals surface area contributed by atoms with Crippen molar-refractivity contribution in [3.8, 4) is 0 Å². The first kappa shape index (κ1) is 27.3. The molecular weight excluding hydrogens is 513 g/mol. The van der Waals surface area contributed by atoms with E-state index in [1.165, 1.54) is 69.3 Å². The second kappa shape index (κ2) is 16.7. The molecule has 2 aliphatic rings. The van der Waals surface area contributed by atoms with Gasteiger partial charge in [0.25, 0.3) is 0 Å². The number of hydrogen-bond acceptors (Lipinski definition) is 4. The second-order valence-electron chi connectivity index (χ2n) is 8.74. The Balaban J connectivity index is 0.00000363. The van der Waals surface area contributed by atoms with Gasteiger partial charge < -0.3 is 20.3 Å². The smallest absolute Gasteiger partial charge is 0.191 e. The van der Waals surface area contributed by atoms with E-state index < -0.39 is 0 Å². The number of piperidine rings is 1. The number of ether oxygens (including phenoxy) is 1. The van der Waals surface area contributed by atoms with Crippen LogP contribution in [-0.4, -0.2) is 74.8 Å². The van der Waals surface area contributed by atoms with Gasteiger partial charge in [0, 0.05) is 32.7 Å². The highest BCUT2D eigenvalue weighted by molar-refractivity contribution is 14.0. The highest BCUT2D eigenvalue weighted by Crippen LogP contribution is 2.14. The van der Waals surface area contributed by atoms with Crippen molar-refractivity contribution in [3.05, 3.63) is 35.4 Å². The number of halogens is 1. The highest BCUT2D eigenvalue weighted by atomic mass is 127. The van der Waals surface area contributed by atoms with Crippen molar-refractivity contribution in [2.75, 3.05) is 59.0 Å². The summed E-state index contributed by atoms with van der Waals surface area (Å²) in [6.45, 7) is 13.3. The summed E-state index contributed by atoms with van der Waals surface area (Å²) < 4.78 is 5.48. The summed E-state index contributed by atoms with van der Waals surface area (Å²) in [4.78, 5) is 9.98. The van der Waals surface area contributed by atoms with Crippen molar-refractivity contribution in [1.82, 2.24) is 20.4 Å². The Bertz CT molecular complexity index is 645. The van der Waals surface area contributed by atoms with Gasteiger partial charge in [-0.15, -0.1) is 24.0 Å². The third kappa shape index (κ3) is 10.4. The van der Waals surface area contributed by atoms with Gasteiger partial charge in [0.15, 0.2) is 5.96 Å². The SMILES string of the molecule is CCNC(=NCc1ccccc1CN1CCOCC1)NCCCCCN1CCCCC1.I. The summed E-state index contributed by atoms with van der Waals surface area (Å²) in [5, 5.41) is 6.93. The molecular formula is C25H44IN5O. The number of morpholine rings is 1. The van der Waals surface area contributed by atoms with E-state index in [4.69, 9.17) is 9.73 Å². The molecule has 2 N–H and O–H groups in total. The van der Waals surface area contributed by atoms with Crippen LogP contribution in [0, 0.1) is 0 Å². The number of likely N-dealkylation sites (tertiary alicyclic amines) is 1. The van der Waals surface area contributed by atoms with Crippen LogP contribution in [-0.2, 0) is 17.8 Å². The number of unbranched alkanes of at least 4 members (excludes halogenated alkanes) is 2. The van der Waals surface area contributed by atoms with Gasteiger partial charge in [-0.05, 0) is 63.4 Å². The molecule has 2 saturated heterocycles. The average Bonchev–Trinajstić information content (AvgIpc) is 2.82. The minimum atomic E-state index is 0. The van der Waals surface area contributed by atoms with E-state index in [2.05, 4.69) is 51.6 Å². The maximum absolute atomic E-state index is 5.48. The molecule has 7 heteroatoms. The van der Waals surface area contributed by atoms with E-state index in [9.17, 15) is 0 Å². The lowest BCUT2D eigenvalue weighted by molar-refractivity contribution is 0.0341. The molecule has 2 aliphatic heterocycles. The number of rotatable bonds is 11. The fourth-order valence-electron chi connectivity index (χ4n) is 4.40. The third-order valence-electron chi connectivity index (χ3n) is 6.26. The minimum absolute atomic E-state index is 0. The third-order valence-corrected chi connectivity index (χ3v) is 6.26. The molecule has 0 atom stereocenters. The van der Waals surface area contributed by atoms with E-state index in [0.29, 0.717) is 6.54 Å². The largest absolute Gasteiger partial charge is 0.379 e. The molecule has 32 heavy (non-hydrogen) atoms. The Morgan fingerprint density at radius 1 is 0.906 bits per heavy atom. The van der Waals surface area contributed by atoms with E-state index in [-0.39, 0.29) is 24.0 Å². The van der Waals surface area contributed by atoms with Gasteiger partial charge in [-0.3, -0.25) is 4.90 Å². The highest BCUT2D eigenvalue weighted by Gasteiger charge is 2.13. The Hall–Kier alpha value is -0.900. The van der Waals surface area contributed by atoms with Gasteiger partial charge in [0.2, 0.25) is 0 Å². The molecule has 2 fully saturated rings. The van der Waals surface area contributed by atoms with Crippen LogP contribution < -0.4 is 10.6 Å². The normalized spacial score (nSPS) is 18.2. The van der Waals surface area contributed by atoms with Gasteiger partial charge in [-0.25, -0.2) is 4.99 Å². The molecule has 1 aromatic rings. The topological polar surface area (TPSA) is 52.1 Å². The van der Waals surface area contributed by atoms with Crippen LogP contribution in [0.15, 0.2) is 29.3 Å². The Morgan fingerprint density at radius 2 is 1.66 bits per heavy atom. The van der Waals surface area contributed by atoms with Crippen LogP contribution in [0.1, 0.15) is 56.6 Å². The summed E-state index contributed by atoms with van der Waals surface area (Å²) in [5.74, 6) is 0.930. The first-order chi connectivity index (χ1) is 15.3. The van der Waals surface area contributed by atoms with E-state index in [1.54, 1.807) is 0 Å². The number of benzene rings is 1. The van der Waals surface area contributed by atoms with Crippen LogP contribution in [0.3, 0.4) is 0 Å². The van der Waals surface area contributed by atoms with Crippen LogP contribution in [0.25, 0.3) is 0 Å². The molecule has 0 bridgehead atoms. The predicted molar refractivity (Wildman–Crippen MR) is 145 cm³/mol. The van der Waals surface area contributed by atoms with Crippen molar-refractivity contribution >= 4 is 29.9 Å². The molecule has 2 heterocycles. The summed E-state index contributed by atoms with van der Waals surface area (Å²) in [6.07, 6.45) is 7.99. The molecule has 6 nitrogen and oxygen atoms in total. The Morgan fingerprint density at radius 3 is 2.41 bits per heavy atom. The molecule has 0 saturated carbocycles. The number of nitrogens with one attached hydrogen (secondary N) is 2. The molecule has 3 rings (SSSR count). The molecule has 1 aromatic carbocycles. The van der Waals surface area contributed by atoms with Crippen molar-refractivity contribution in [3.63, 3.8) is 0 Å². The summed E-state index contributed by atoms with van der Waals surface area (Å²) in [6, 6.07) is 8.71. The lowest BCUT2D eigenvalue weighted by Crippen LogP contribution is -2.38. The van der Waals surface area contributed by atoms with Crippen molar-refractivity contribution in [2.24, 2.45) is 4.99 Å². The van der Waals surface area contributed by atoms with Crippen LogP contribution >= 0.6 is 24.0 Å². The monoisotopic (exact) mass is 557 g/mol. The summed E-state index contributed by atoms with van der Waals surface area (Å²) >= 11 is 0. The zero-order valence-corrected chi connectivity index (χ0v) is 22.3. The van der Waals surface area contributed by atoms with Crippen LogP contribution in [0.2, 0.25) is 0 Å². The lowest BCUT2D eigenvalue weighted by atomic mass is 10.1. The average molecular weight is 558 g/mol. The number of hydrogen-bond donors (Lipinski definition) is 2. The van der Waals surface area contributed by atoms with Crippen LogP contribution in [0.5, 0.6) is 0 Å². The number of aliphatic imine (C=N–C) groups is 1. The van der Waals surface area contributed by atoms with E-state index >= 15 is 0 Å². The Labute approximate surface area is 212 Å². The quantitative estimate of drug-likeness (QED) is 0.188. The first-order valence-corrected chi connectivity index (χ1v) is 12.5. The first-order valence-electron chi connectivity index (χ1n) is 12.5. The molecule has 0 aliphatic carbocycles. The van der Waals surface area contributed by atoms with Crippen molar-refractivity contribution < 1.29 is 4.74 Å². The van der Waals surface area contributed by atoms with Crippen LogP contribution in [0.4, 0.5) is 0 Å². The van der Waals surface area contributed by atoms with Crippen molar-refractivity contribution in [1.29, 1.82) is 0 Å². The van der Waals surface area contributed by atoms with Gasteiger partial charge in [-0.1, -0.05) is 37.1 Å². The zero-order chi connectivity index (χ0) is 21.6. The maximum atomic E-state index is 5.48. The summed E-state index contributed by atoms with van der Waals surface area (Å²) in [7, 11) is 0. The van der Waals surface area contributed by atoms with E-state index in [0.717, 1.165) is 51.9 Å². The molecule has 0 unspecified atom stereocenters. The molecule has 0 amide bonds. The molecule has 0 aromatic heterocycles. The Kier molecular flexibility index (Phi) is 14.2. The number of nitrogens with zero attached hydrogens (tertiary/aromatic N) is 3. The second-order valence-corrected chi connectivity index (χ2v) is 8.74. The minimum Gasteiger partial charge on any atom is -0.379 e. The fourth-order valence-corrected chi connectivity index (χ4v) is 4.40. The molecule has 182 valence electrons. The van der Waals surface area contributed by atoms with Gasteiger partial charge in [0.1, 0.15) is 0 Å². The fraction of sp³-hybridized carbons (Fsp3) is 0.720. The van der Waals surface area contributed by atoms with Gasteiger partial charge in [0.05, 0.1) is 19.8 Å². The molecule has 0 spiro atoms. The van der Waals surface area contributed by atoms with Gasteiger partial charge in [-0.2, -0.15) is 0 Å². The number of guanidine groups is 1. The van der Waals surface area contributed by atoms with Crippen molar-refractivity contribution in [2.45, 2.75) is 58.5 Å². The lowest BCUT2D eigenvalue weighted by Gasteiger charge is -2.27. The van der Waals surface area contributed by atoms with Gasteiger partial charge >= 0.3 is 0 Å². The van der Waals surface area contributed by atoms with E-state index in [1.807, 2.05) is 0 Å².